The molecule has 1 aromatic heterocycles. The summed E-state index contributed by atoms with van der Waals surface area (Å²) in [7, 11) is 0. The molecule has 2 aromatic carbocycles. The number of benzene rings is 2. The van der Waals surface area contributed by atoms with Gasteiger partial charge in [0.2, 0.25) is 0 Å². The van der Waals surface area contributed by atoms with Gasteiger partial charge in [-0.2, -0.15) is 7.99 Å². The first-order valence-electron chi connectivity index (χ1n) is 7.21. The number of halogens is 3. The van der Waals surface area contributed by atoms with Gasteiger partial charge in [-0.25, -0.2) is 4.39 Å². The molecule has 3 aromatic rings. The largest absolute Gasteiger partial charge is 1.00 e. The molecule has 0 aliphatic heterocycles. The fourth-order valence-electron chi connectivity index (χ4n) is 2.64. The summed E-state index contributed by atoms with van der Waals surface area (Å²) in [5, 5.41) is 16.6. The SMILES string of the molecule is O=C([O-])C(Cc1ccc(Br)cc1F)c1nn(I)c(=O)c2ccccc12.[Na+]. The van der Waals surface area contributed by atoms with Gasteiger partial charge in [0.1, 0.15) is 5.82 Å². The number of hydrogen-bond acceptors (Lipinski definition) is 4. The van der Waals surface area contributed by atoms with Crippen LogP contribution in [0, 0.1) is 5.82 Å². The summed E-state index contributed by atoms with van der Waals surface area (Å²) in [5.41, 5.74) is 0.0632. The van der Waals surface area contributed by atoms with Gasteiger partial charge in [-0.15, -0.1) is 0 Å². The van der Waals surface area contributed by atoms with Gasteiger partial charge >= 0.3 is 29.6 Å². The number of rotatable bonds is 4. The third-order valence-corrected chi connectivity index (χ3v) is 5.00. The molecule has 0 saturated carbocycles. The molecule has 0 aliphatic rings. The minimum absolute atomic E-state index is 0. The number of aromatic nitrogens is 2. The summed E-state index contributed by atoms with van der Waals surface area (Å²) in [6.07, 6.45) is -0.132. The maximum Gasteiger partial charge on any atom is 1.00 e. The Balaban J connectivity index is 0.00000243. The zero-order valence-electron chi connectivity index (χ0n) is 13.6. The molecule has 5 nitrogen and oxygen atoms in total. The van der Waals surface area contributed by atoms with Gasteiger partial charge in [0.05, 0.1) is 39.9 Å². The van der Waals surface area contributed by atoms with Crippen LogP contribution in [0.4, 0.5) is 4.39 Å². The Hall–Kier alpha value is -0.810. The standard InChI is InChI=1S/C17H11BrFIN2O3.Na/c18-10-6-5-9(14(19)8-10)7-13(17(24)25)15-11-3-1-2-4-12(11)16(23)22(20)21-15;/h1-6,8,13H,7H2,(H,24,25);/q;+1/p-1. The molecule has 1 unspecified atom stereocenters. The predicted molar refractivity (Wildman–Crippen MR) is 101 cm³/mol. The van der Waals surface area contributed by atoms with Crippen LogP contribution < -0.4 is 40.2 Å². The van der Waals surface area contributed by atoms with Gasteiger partial charge in [0.25, 0.3) is 5.56 Å². The van der Waals surface area contributed by atoms with Crippen LogP contribution in [0.1, 0.15) is 17.2 Å². The summed E-state index contributed by atoms with van der Waals surface area (Å²) in [5.74, 6) is -3.09. The Morgan fingerprint density at radius 1 is 1.27 bits per heavy atom. The van der Waals surface area contributed by atoms with Crippen molar-refractivity contribution in [2.75, 3.05) is 0 Å². The Kier molecular flexibility index (Phi) is 7.37. The third-order valence-electron chi connectivity index (χ3n) is 3.85. The Bertz CT molecular complexity index is 1040. The first-order chi connectivity index (χ1) is 11.9. The number of hydrogen-bond donors (Lipinski definition) is 0. The van der Waals surface area contributed by atoms with Crippen molar-refractivity contribution >= 4 is 55.5 Å². The average Bonchev–Trinajstić information content (AvgIpc) is 2.57. The molecule has 9 heteroatoms. The molecule has 0 fully saturated rings. The van der Waals surface area contributed by atoms with Gasteiger partial charge in [0.15, 0.2) is 0 Å². The molecule has 0 radical (unpaired) electrons. The van der Waals surface area contributed by atoms with E-state index in [1.807, 2.05) is 0 Å². The van der Waals surface area contributed by atoms with E-state index in [0.29, 0.717) is 15.2 Å². The fourth-order valence-corrected chi connectivity index (χ4v) is 3.47. The maximum absolute atomic E-state index is 14.1. The van der Waals surface area contributed by atoms with Crippen LogP contribution in [-0.4, -0.2) is 14.0 Å². The Morgan fingerprint density at radius 2 is 1.92 bits per heavy atom. The summed E-state index contributed by atoms with van der Waals surface area (Å²) < 4.78 is 15.7. The van der Waals surface area contributed by atoms with E-state index < -0.39 is 17.7 Å². The van der Waals surface area contributed by atoms with Crippen molar-refractivity contribution in [3.05, 3.63) is 74.4 Å². The number of carboxylic acid groups (broad SMARTS) is 1. The number of aliphatic carboxylic acids is 1. The molecule has 128 valence electrons. The number of carboxylic acids is 1. The summed E-state index contributed by atoms with van der Waals surface area (Å²) >= 11 is 4.86. The smallest absolute Gasteiger partial charge is 0.549 e. The van der Waals surface area contributed by atoms with Crippen LogP contribution in [0.5, 0.6) is 0 Å². The third kappa shape index (κ3) is 4.36. The topological polar surface area (TPSA) is 75.0 Å². The molecule has 0 bridgehead atoms. The van der Waals surface area contributed by atoms with Gasteiger partial charge in [-0.3, -0.25) is 4.79 Å². The first-order valence-corrected chi connectivity index (χ1v) is 8.97. The number of fused-ring (bicyclic) bond motifs is 1. The van der Waals surface area contributed by atoms with Crippen molar-refractivity contribution < 1.29 is 43.8 Å². The second kappa shape index (κ2) is 8.92. The molecule has 0 N–H and O–H groups in total. The summed E-state index contributed by atoms with van der Waals surface area (Å²) in [6, 6.07) is 11.0. The minimum Gasteiger partial charge on any atom is -0.549 e. The van der Waals surface area contributed by atoms with Gasteiger partial charge < -0.3 is 9.90 Å². The van der Waals surface area contributed by atoms with E-state index in [1.165, 1.54) is 12.1 Å². The molecule has 0 amide bonds. The molecular formula is C17H10BrFIN2NaO3. The molecular weight excluding hydrogens is 529 g/mol. The second-order valence-electron chi connectivity index (χ2n) is 5.41. The summed E-state index contributed by atoms with van der Waals surface area (Å²) in [6.45, 7) is 0. The normalized spacial score (nSPS) is 11.8. The molecule has 0 spiro atoms. The van der Waals surface area contributed by atoms with Crippen molar-refractivity contribution in [3.63, 3.8) is 0 Å². The first kappa shape index (κ1) is 21.5. The van der Waals surface area contributed by atoms with Crippen molar-refractivity contribution in [2.24, 2.45) is 0 Å². The minimum atomic E-state index is -1.38. The number of carbonyl (C=O) groups excluding carboxylic acids is 1. The van der Waals surface area contributed by atoms with Gasteiger partial charge in [-0.1, -0.05) is 40.2 Å². The zero-order valence-corrected chi connectivity index (χ0v) is 19.3. The second-order valence-corrected chi connectivity index (χ2v) is 7.24. The van der Waals surface area contributed by atoms with Gasteiger partial charge in [0, 0.05) is 15.8 Å². The number of carbonyl (C=O) groups is 1. The molecule has 3 rings (SSSR count). The molecule has 0 aliphatic carbocycles. The maximum atomic E-state index is 14.1. The van der Waals surface area contributed by atoms with Crippen molar-refractivity contribution in [1.82, 2.24) is 7.99 Å². The van der Waals surface area contributed by atoms with E-state index >= 15 is 0 Å². The zero-order chi connectivity index (χ0) is 18.1. The quantitative estimate of drug-likeness (QED) is 0.334. The van der Waals surface area contributed by atoms with E-state index in [0.717, 1.165) is 2.90 Å². The predicted octanol–water partition coefficient (Wildman–Crippen LogP) is -0.424. The fraction of sp³-hybridized carbons (Fsp3) is 0.118. The van der Waals surface area contributed by atoms with Crippen LogP contribution in [0.3, 0.4) is 0 Å². The van der Waals surface area contributed by atoms with E-state index in [9.17, 15) is 19.1 Å². The van der Waals surface area contributed by atoms with E-state index in [1.54, 1.807) is 53.2 Å². The Morgan fingerprint density at radius 3 is 2.54 bits per heavy atom. The number of nitrogens with zero attached hydrogens (tertiary/aromatic N) is 2. The van der Waals surface area contributed by atoms with Crippen molar-refractivity contribution in [1.29, 1.82) is 0 Å². The van der Waals surface area contributed by atoms with E-state index in [2.05, 4.69) is 21.0 Å². The van der Waals surface area contributed by atoms with Crippen LogP contribution in [0.15, 0.2) is 51.7 Å². The molecule has 26 heavy (non-hydrogen) atoms. The van der Waals surface area contributed by atoms with Crippen molar-refractivity contribution in [3.8, 4) is 0 Å². The molecule has 1 heterocycles. The van der Waals surface area contributed by atoms with Crippen LogP contribution in [0.2, 0.25) is 0 Å². The summed E-state index contributed by atoms with van der Waals surface area (Å²) in [4.78, 5) is 23.9. The van der Waals surface area contributed by atoms with Crippen LogP contribution >= 0.6 is 38.8 Å². The van der Waals surface area contributed by atoms with Crippen LogP contribution in [0.25, 0.3) is 10.8 Å². The Labute approximate surface area is 192 Å². The van der Waals surface area contributed by atoms with Crippen LogP contribution in [-0.2, 0) is 11.2 Å². The van der Waals surface area contributed by atoms with Gasteiger partial charge in [-0.05, 0) is 30.2 Å². The average molecular weight is 539 g/mol. The van der Waals surface area contributed by atoms with E-state index in [-0.39, 0.29) is 52.8 Å². The monoisotopic (exact) mass is 538 g/mol. The molecule has 1 atom stereocenters. The molecule has 0 saturated heterocycles. The van der Waals surface area contributed by atoms with E-state index in [4.69, 9.17) is 0 Å². The van der Waals surface area contributed by atoms with Crippen molar-refractivity contribution in [2.45, 2.75) is 12.3 Å².